The molecule has 2 aromatic heterocycles. The van der Waals surface area contributed by atoms with Gasteiger partial charge in [-0.2, -0.15) is 0 Å². The van der Waals surface area contributed by atoms with Crippen LogP contribution in [0, 0.1) is 0 Å². The van der Waals surface area contributed by atoms with Crippen molar-refractivity contribution in [1.82, 2.24) is 15.0 Å². The zero-order valence-electron chi connectivity index (χ0n) is 9.24. The molecule has 0 unspecified atom stereocenters. The Labute approximate surface area is 95.0 Å². The van der Waals surface area contributed by atoms with Crippen molar-refractivity contribution < 1.29 is 0 Å². The Balaban J connectivity index is 1.94. The Kier molecular flexibility index (Phi) is 2.44. The molecule has 0 spiro atoms. The maximum absolute atomic E-state index is 4.34. The summed E-state index contributed by atoms with van der Waals surface area (Å²) in [6.07, 6.45) is 13.6. The summed E-state index contributed by atoms with van der Waals surface area (Å²) < 4.78 is 0. The molecule has 1 N–H and O–H groups in total. The predicted octanol–water partition coefficient (Wildman–Crippen LogP) is 2.27. The number of aromatic amines is 1. The Morgan fingerprint density at radius 2 is 2.00 bits per heavy atom. The van der Waals surface area contributed by atoms with E-state index in [1.165, 1.54) is 48.1 Å². The molecule has 2 heterocycles. The maximum atomic E-state index is 4.34. The number of aromatic nitrogens is 3. The van der Waals surface area contributed by atoms with Crippen molar-refractivity contribution in [3.05, 3.63) is 47.3 Å². The number of nitrogens with one attached hydrogen (secondary N) is 1. The van der Waals surface area contributed by atoms with Crippen molar-refractivity contribution in [3.63, 3.8) is 0 Å². The lowest BCUT2D eigenvalue weighted by Gasteiger charge is -2.18. The minimum Gasteiger partial charge on any atom is -0.348 e. The first kappa shape index (κ1) is 9.58. The molecule has 1 aliphatic carbocycles. The molecule has 0 aliphatic heterocycles. The molecule has 0 saturated heterocycles. The Morgan fingerprint density at radius 1 is 1.06 bits per heavy atom. The van der Waals surface area contributed by atoms with E-state index in [0.29, 0.717) is 0 Å². The molecular formula is C13H15N3. The van der Waals surface area contributed by atoms with Crippen LogP contribution in [0.15, 0.2) is 24.9 Å². The summed E-state index contributed by atoms with van der Waals surface area (Å²) in [6, 6.07) is 0. The summed E-state index contributed by atoms with van der Waals surface area (Å²) in [4.78, 5) is 11.6. The first-order valence-electron chi connectivity index (χ1n) is 5.85. The summed E-state index contributed by atoms with van der Waals surface area (Å²) in [5.74, 6) is 0. The van der Waals surface area contributed by atoms with Gasteiger partial charge >= 0.3 is 0 Å². The topological polar surface area (TPSA) is 41.6 Å². The minimum absolute atomic E-state index is 0.927. The van der Waals surface area contributed by atoms with Crippen LogP contribution in [0.25, 0.3) is 0 Å². The fourth-order valence-corrected chi connectivity index (χ4v) is 2.47. The van der Waals surface area contributed by atoms with Gasteiger partial charge in [0, 0.05) is 30.7 Å². The number of nitrogens with zero attached hydrogens (tertiary/aromatic N) is 2. The van der Waals surface area contributed by atoms with Crippen molar-refractivity contribution in [1.29, 1.82) is 0 Å². The third-order valence-corrected chi connectivity index (χ3v) is 3.29. The van der Waals surface area contributed by atoms with Gasteiger partial charge in [-0.1, -0.05) is 0 Å². The maximum Gasteiger partial charge on any atom is 0.0921 e. The highest BCUT2D eigenvalue weighted by Crippen LogP contribution is 2.24. The molecule has 0 radical (unpaired) electrons. The van der Waals surface area contributed by atoms with E-state index in [1.54, 1.807) is 6.33 Å². The fourth-order valence-electron chi connectivity index (χ4n) is 2.47. The van der Waals surface area contributed by atoms with Gasteiger partial charge in [-0.25, -0.2) is 4.98 Å². The number of hydrogen-bond acceptors (Lipinski definition) is 2. The lowest BCUT2D eigenvalue weighted by molar-refractivity contribution is 0.675. The monoisotopic (exact) mass is 213 g/mol. The van der Waals surface area contributed by atoms with Crippen LogP contribution in [0.4, 0.5) is 0 Å². The first-order chi connectivity index (χ1) is 7.93. The van der Waals surface area contributed by atoms with Gasteiger partial charge in [-0.15, -0.1) is 0 Å². The highest BCUT2D eigenvalue weighted by molar-refractivity contribution is 5.35. The predicted molar refractivity (Wildman–Crippen MR) is 62.3 cm³/mol. The number of aryl methyl sites for hydroxylation is 1. The van der Waals surface area contributed by atoms with Gasteiger partial charge in [0.15, 0.2) is 0 Å². The highest BCUT2D eigenvalue weighted by atomic mass is 14.9. The third-order valence-electron chi connectivity index (χ3n) is 3.29. The first-order valence-corrected chi connectivity index (χ1v) is 5.85. The number of rotatable bonds is 2. The van der Waals surface area contributed by atoms with Crippen LogP contribution in [0.3, 0.4) is 0 Å². The average Bonchev–Trinajstić information content (AvgIpc) is 2.82. The molecule has 1 aliphatic rings. The van der Waals surface area contributed by atoms with E-state index in [1.807, 2.05) is 18.6 Å². The van der Waals surface area contributed by atoms with Crippen LogP contribution in [-0.4, -0.2) is 15.0 Å². The van der Waals surface area contributed by atoms with Gasteiger partial charge in [0.1, 0.15) is 0 Å². The van der Waals surface area contributed by atoms with Crippen molar-refractivity contribution in [2.24, 2.45) is 0 Å². The van der Waals surface area contributed by atoms with Crippen LogP contribution in [-0.2, 0) is 19.3 Å². The zero-order chi connectivity index (χ0) is 10.8. The Morgan fingerprint density at radius 3 is 2.88 bits per heavy atom. The number of fused-ring (bicyclic) bond motifs is 1. The molecule has 0 amide bonds. The lowest BCUT2D eigenvalue weighted by Crippen LogP contribution is -2.07. The molecule has 0 aromatic carbocycles. The van der Waals surface area contributed by atoms with Crippen LogP contribution in [0.1, 0.15) is 35.2 Å². The van der Waals surface area contributed by atoms with Gasteiger partial charge in [-0.05, 0) is 42.4 Å². The third kappa shape index (κ3) is 1.73. The Hall–Kier alpha value is -1.64. The largest absolute Gasteiger partial charge is 0.348 e. The summed E-state index contributed by atoms with van der Waals surface area (Å²) in [5.41, 5.74) is 5.50. The molecule has 0 fully saturated rings. The van der Waals surface area contributed by atoms with Gasteiger partial charge < -0.3 is 4.98 Å². The van der Waals surface area contributed by atoms with Crippen LogP contribution in [0.5, 0.6) is 0 Å². The normalized spacial score (nSPS) is 14.8. The van der Waals surface area contributed by atoms with Crippen LogP contribution < -0.4 is 0 Å². The van der Waals surface area contributed by atoms with Crippen LogP contribution in [0.2, 0.25) is 0 Å². The van der Waals surface area contributed by atoms with Gasteiger partial charge in [0.05, 0.1) is 6.33 Å². The number of pyridine rings is 1. The quantitative estimate of drug-likeness (QED) is 0.831. The van der Waals surface area contributed by atoms with E-state index in [-0.39, 0.29) is 0 Å². The van der Waals surface area contributed by atoms with E-state index in [4.69, 9.17) is 0 Å². The van der Waals surface area contributed by atoms with Gasteiger partial charge in [-0.3, -0.25) is 4.98 Å². The van der Waals surface area contributed by atoms with Crippen molar-refractivity contribution in [2.45, 2.75) is 32.1 Å². The summed E-state index contributed by atoms with van der Waals surface area (Å²) in [5, 5.41) is 0. The average molecular weight is 213 g/mol. The van der Waals surface area contributed by atoms with E-state index in [0.717, 1.165) is 6.42 Å². The molecular weight excluding hydrogens is 198 g/mol. The number of H-pyrrole nitrogens is 1. The molecule has 0 saturated carbocycles. The number of imidazole rings is 1. The molecule has 2 aromatic rings. The van der Waals surface area contributed by atoms with Gasteiger partial charge in [0.25, 0.3) is 0 Å². The highest BCUT2D eigenvalue weighted by Gasteiger charge is 2.13. The standard InChI is InChI=1S/C13H15N3/c1-2-4-13-10(3-1)6-14-7-11(13)5-12-8-15-9-16-12/h6-9H,1-5H2,(H,15,16). The van der Waals surface area contributed by atoms with Crippen LogP contribution >= 0.6 is 0 Å². The summed E-state index contributed by atoms with van der Waals surface area (Å²) >= 11 is 0. The zero-order valence-corrected chi connectivity index (χ0v) is 9.24. The minimum atomic E-state index is 0.927. The summed E-state index contributed by atoms with van der Waals surface area (Å²) in [6.45, 7) is 0. The Bertz CT molecular complexity index is 474. The SMILES string of the molecule is c1ncc(Cc2cncc3c2CCCC3)[nH]1. The second-order valence-corrected chi connectivity index (χ2v) is 4.40. The van der Waals surface area contributed by atoms with Crippen molar-refractivity contribution in [2.75, 3.05) is 0 Å². The molecule has 82 valence electrons. The van der Waals surface area contributed by atoms with E-state index < -0.39 is 0 Å². The van der Waals surface area contributed by atoms with E-state index in [9.17, 15) is 0 Å². The molecule has 3 rings (SSSR count). The fraction of sp³-hybridized carbons (Fsp3) is 0.385. The second kappa shape index (κ2) is 4.08. The van der Waals surface area contributed by atoms with Gasteiger partial charge in [0.2, 0.25) is 0 Å². The number of hydrogen-bond donors (Lipinski definition) is 1. The molecule has 0 atom stereocenters. The van der Waals surface area contributed by atoms with Crippen molar-refractivity contribution >= 4 is 0 Å². The molecule has 16 heavy (non-hydrogen) atoms. The van der Waals surface area contributed by atoms with E-state index >= 15 is 0 Å². The second-order valence-electron chi connectivity index (χ2n) is 4.40. The molecule has 3 heteroatoms. The molecule has 3 nitrogen and oxygen atoms in total. The van der Waals surface area contributed by atoms with Crippen molar-refractivity contribution in [3.8, 4) is 0 Å². The summed E-state index contributed by atoms with van der Waals surface area (Å²) in [7, 11) is 0. The lowest BCUT2D eigenvalue weighted by atomic mass is 9.89. The van der Waals surface area contributed by atoms with E-state index in [2.05, 4.69) is 15.0 Å². The molecule has 0 bridgehead atoms. The smallest absolute Gasteiger partial charge is 0.0921 e.